The molecule has 0 unspecified atom stereocenters. The average Bonchev–Trinajstić information content (AvgIpc) is 2.41. The van der Waals surface area contributed by atoms with Crippen LogP contribution in [0.15, 0.2) is 0 Å². The van der Waals surface area contributed by atoms with Gasteiger partial charge >= 0.3 is 46.1 Å². The Kier molecular flexibility index (Phi) is 57.0. The van der Waals surface area contributed by atoms with E-state index < -0.39 is 14.8 Å². The van der Waals surface area contributed by atoms with E-state index in [1.54, 1.807) is 6.55 Å². The van der Waals surface area contributed by atoms with Crippen LogP contribution < -0.4 is 34.0 Å². The molecule has 0 nitrogen and oxygen atoms in total. The van der Waals surface area contributed by atoms with Crippen LogP contribution in [0.3, 0.4) is 0 Å². The van der Waals surface area contributed by atoms with E-state index >= 15 is 0 Å². The van der Waals surface area contributed by atoms with Crippen LogP contribution in [-0.4, -0.2) is 71.9 Å². The van der Waals surface area contributed by atoms with Gasteiger partial charge in [-0.1, -0.05) is 45.3 Å². The van der Waals surface area contributed by atoms with Crippen LogP contribution in [0.2, 0.25) is 25.2 Å². The maximum Gasteiger partial charge on any atom is 2.00 e. The summed E-state index contributed by atoms with van der Waals surface area (Å²) >= 11 is 22.1. The van der Waals surface area contributed by atoms with Crippen LogP contribution in [0, 0.1) is 13.8 Å². The van der Waals surface area contributed by atoms with Crippen LogP contribution in [0.25, 0.3) is 0 Å². The first-order valence-corrected chi connectivity index (χ1v) is 16.2. The molecule has 1 aliphatic rings. The van der Waals surface area contributed by atoms with Crippen molar-refractivity contribution in [1.82, 2.24) is 0 Å². The van der Waals surface area contributed by atoms with Gasteiger partial charge in [0.1, 0.15) is 0 Å². The Hall–Kier alpha value is 4.09. The van der Waals surface area contributed by atoms with Crippen molar-refractivity contribution in [2.75, 3.05) is 11.0 Å². The third-order valence-electron chi connectivity index (χ3n) is 3.12. The predicted molar refractivity (Wildman–Crippen MR) is 123 cm³/mol. The molecule has 0 amide bonds. The molecule has 0 radical (unpaired) electrons. The van der Waals surface area contributed by atoms with Crippen molar-refractivity contribution in [3.63, 3.8) is 0 Å². The molecule has 0 bridgehead atoms. The minimum absolute atomic E-state index is 0. The van der Waals surface area contributed by atoms with Crippen molar-refractivity contribution < 1.29 is 34.0 Å². The summed E-state index contributed by atoms with van der Waals surface area (Å²) in [6.07, 6.45) is 7.59. The van der Waals surface area contributed by atoms with Gasteiger partial charge in [-0.25, -0.2) is 0 Å². The Morgan fingerprint density at radius 3 is 1.36 bits per heavy atom. The number of unbranched alkanes of at least 4 members (excludes halogenated alkanes) is 2. The molecule has 0 aromatic rings. The van der Waals surface area contributed by atoms with Crippen molar-refractivity contribution in [2.45, 2.75) is 71.1 Å². The second-order valence-electron chi connectivity index (χ2n) is 5.77. The quantitative estimate of drug-likeness (QED) is 0.191. The topological polar surface area (TPSA) is 0 Å². The number of alkyl halides is 2. The van der Waals surface area contributed by atoms with Crippen LogP contribution in [0.4, 0.5) is 0 Å². The largest absolute Gasteiger partial charge is 2.00 e. The zero-order valence-corrected chi connectivity index (χ0v) is 26.2. The Morgan fingerprint density at radius 2 is 1.24 bits per heavy atom. The van der Waals surface area contributed by atoms with Crippen molar-refractivity contribution in [2.24, 2.45) is 0 Å². The molecule has 10 heteroatoms. The average molecular weight is 621 g/mol. The molecular formula is C15H34Br2Cl4Mg2Si2. The first-order chi connectivity index (χ1) is 9.24. The summed E-state index contributed by atoms with van der Waals surface area (Å²) < 4.78 is 0. The maximum atomic E-state index is 5.88. The molecule has 0 spiro atoms. The molecule has 1 saturated heterocycles. The first-order valence-electron chi connectivity index (χ1n) is 7.33. The van der Waals surface area contributed by atoms with Gasteiger partial charge in [0.2, 0.25) is 0 Å². The summed E-state index contributed by atoms with van der Waals surface area (Å²) in [6, 6.07) is 2.97. The van der Waals surface area contributed by atoms with E-state index in [1.165, 1.54) is 37.8 Å². The number of halogens is 6. The Balaban J connectivity index is -0.0000000369. The van der Waals surface area contributed by atoms with Gasteiger partial charge in [-0.2, -0.15) is 12.8 Å². The molecule has 0 aromatic carbocycles. The number of hydrogen-bond donors (Lipinski definition) is 0. The molecule has 1 rings (SSSR count). The molecule has 1 aliphatic heterocycles. The summed E-state index contributed by atoms with van der Waals surface area (Å²) in [5.74, 6) is 0. The maximum absolute atomic E-state index is 5.88. The van der Waals surface area contributed by atoms with Gasteiger partial charge in [-0.3, -0.25) is 0 Å². The summed E-state index contributed by atoms with van der Waals surface area (Å²) in [7, 11) is -0.845. The van der Waals surface area contributed by atoms with Gasteiger partial charge in [-0.15, -0.1) is 51.8 Å². The van der Waals surface area contributed by atoms with E-state index in [0.29, 0.717) is 5.50 Å². The summed E-state index contributed by atoms with van der Waals surface area (Å²) in [5, 5.41) is 0. The standard InChI is InChI=1S/C7H15ClSi.C5H10.C2H5Cl3Si.CH4.2BrH.2Mg/c1-9(7-8)5-3-2-4-6-9;1-3-5-4-2;1-6(4,5)2-3;;;;;/h2-7H2,1H3;1-5H2;2H2,1H3;1H4;2*1H;;/q;-2;;;;;2*+2/p-2. The monoisotopic (exact) mass is 616 g/mol. The van der Waals surface area contributed by atoms with E-state index in [4.69, 9.17) is 45.4 Å². The minimum atomic E-state index is -1.92. The van der Waals surface area contributed by atoms with E-state index in [1.807, 2.05) is 0 Å². The van der Waals surface area contributed by atoms with Gasteiger partial charge in [0.25, 0.3) is 6.69 Å². The molecule has 1 fully saturated rings. The number of rotatable bonds is 4. The Bertz CT molecular complexity index is 220. The SMILES string of the molecule is C.C[Si](Cl)(Cl)CCl.C[Si]1(CCl)CCCCC1.[Br-].[Br-].[CH2-]CCC[CH2-].[Mg+2].[Mg+2]. The molecule has 0 N–H and O–H groups in total. The Labute approximate surface area is 233 Å². The van der Waals surface area contributed by atoms with E-state index in [2.05, 4.69) is 20.4 Å². The molecular weight excluding hydrogens is 587 g/mol. The zero-order valence-electron chi connectivity index (χ0n) is 15.2. The van der Waals surface area contributed by atoms with Crippen LogP contribution in [-0.2, 0) is 0 Å². The first kappa shape index (κ1) is 47.0. The van der Waals surface area contributed by atoms with Crippen LogP contribution >= 0.6 is 45.4 Å². The van der Waals surface area contributed by atoms with Crippen LogP contribution in [0.5, 0.6) is 0 Å². The van der Waals surface area contributed by atoms with Crippen LogP contribution in [0.1, 0.15) is 46.0 Å². The normalized spacial score (nSPS) is 13.9. The summed E-state index contributed by atoms with van der Waals surface area (Å²) in [6.45, 7) is 9.57. The fraction of sp³-hybridized carbons (Fsp3) is 0.867. The number of hydrogen-bond acceptors (Lipinski definition) is 0. The molecule has 25 heavy (non-hydrogen) atoms. The molecule has 148 valence electrons. The third-order valence-corrected chi connectivity index (χ3v) is 12.5. The smallest absolute Gasteiger partial charge is 1.00 e. The van der Waals surface area contributed by atoms with Crippen molar-refractivity contribution in [1.29, 1.82) is 0 Å². The van der Waals surface area contributed by atoms with Gasteiger partial charge in [0.15, 0.2) is 0 Å². The van der Waals surface area contributed by atoms with E-state index in [0.717, 1.165) is 18.3 Å². The van der Waals surface area contributed by atoms with Gasteiger partial charge in [0, 0.05) is 11.0 Å². The molecule has 0 atom stereocenters. The zero-order chi connectivity index (χ0) is 16.1. The van der Waals surface area contributed by atoms with Gasteiger partial charge in [-0.05, 0) is 6.55 Å². The fourth-order valence-electron chi connectivity index (χ4n) is 1.72. The summed E-state index contributed by atoms with van der Waals surface area (Å²) in [4.78, 5) is 0. The van der Waals surface area contributed by atoms with Crippen molar-refractivity contribution in [3.05, 3.63) is 13.8 Å². The second kappa shape index (κ2) is 30.3. The van der Waals surface area contributed by atoms with Gasteiger partial charge in [0.05, 0.1) is 8.07 Å². The van der Waals surface area contributed by atoms with Gasteiger partial charge < -0.3 is 47.8 Å². The molecule has 0 aromatic heterocycles. The summed E-state index contributed by atoms with van der Waals surface area (Å²) in [5.41, 5.74) is 1.41. The minimum Gasteiger partial charge on any atom is -1.00 e. The molecule has 0 saturated carbocycles. The second-order valence-corrected chi connectivity index (χ2v) is 20.3. The van der Waals surface area contributed by atoms with E-state index in [9.17, 15) is 0 Å². The fourth-order valence-corrected chi connectivity index (χ4v) is 5.24. The van der Waals surface area contributed by atoms with E-state index in [-0.39, 0.29) is 87.5 Å². The van der Waals surface area contributed by atoms with Crippen molar-refractivity contribution in [3.8, 4) is 0 Å². The molecule has 1 heterocycles. The van der Waals surface area contributed by atoms with Crippen molar-refractivity contribution >= 4 is 106 Å². The third kappa shape index (κ3) is 39.2. The Morgan fingerprint density at radius 1 is 0.920 bits per heavy atom. The predicted octanol–water partition coefficient (Wildman–Crippen LogP) is 1.05. The molecule has 0 aliphatic carbocycles.